The van der Waals surface area contributed by atoms with Crippen LogP contribution in [0.3, 0.4) is 0 Å². The first-order chi connectivity index (χ1) is 9.25. The second-order valence-corrected chi connectivity index (χ2v) is 6.21. The molecule has 0 radical (unpaired) electrons. The number of nitrogens with zero attached hydrogens (tertiary/aromatic N) is 1. The predicted molar refractivity (Wildman–Crippen MR) is 92.6 cm³/mol. The third-order valence-electron chi connectivity index (χ3n) is 4.49. The number of carbonyl (C=O) groups is 1. The highest BCUT2D eigenvalue weighted by Gasteiger charge is 2.20. The first-order valence-electron chi connectivity index (χ1n) is 7.96. The van der Waals surface area contributed by atoms with Gasteiger partial charge in [-0.1, -0.05) is 6.92 Å². The molecule has 2 fully saturated rings. The normalized spacial score (nSPS) is 23.8. The van der Waals surface area contributed by atoms with Gasteiger partial charge in [0.1, 0.15) is 0 Å². The van der Waals surface area contributed by atoms with E-state index in [0.29, 0.717) is 0 Å². The predicted octanol–water partition coefficient (Wildman–Crippen LogP) is 2.07. The first kappa shape index (κ1) is 21.0. The number of amides is 1. The molecule has 0 aromatic heterocycles. The highest BCUT2D eigenvalue weighted by molar-refractivity contribution is 5.85. The number of rotatable bonds is 5. The number of piperidine rings is 2. The molecule has 6 heteroatoms. The largest absolute Gasteiger partial charge is 0.356 e. The van der Waals surface area contributed by atoms with Crippen molar-refractivity contribution in [2.45, 2.75) is 39.0 Å². The molecule has 2 heterocycles. The van der Waals surface area contributed by atoms with E-state index < -0.39 is 0 Å². The summed E-state index contributed by atoms with van der Waals surface area (Å²) in [5, 5.41) is 6.39. The Bertz CT molecular complexity index is 278. The van der Waals surface area contributed by atoms with Crippen molar-refractivity contribution in [3.05, 3.63) is 0 Å². The van der Waals surface area contributed by atoms with Gasteiger partial charge in [-0.05, 0) is 64.2 Å². The molecule has 2 aliphatic rings. The summed E-state index contributed by atoms with van der Waals surface area (Å²) >= 11 is 0. The monoisotopic (exact) mass is 339 g/mol. The summed E-state index contributed by atoms with van der Waals surface area (Å²) < 4.78 is 0. The van der Waals surface area contributed by atoms with Crippen molar-refractivity contribution in [3.63, 3.8) is 0 Å². The van der Waals surface area contributed by atoms with E-state index in [1.807, 2.05) is 0 Å². The fourth-order valence-electron chi connectivity index (χ4n) is 3.02. The van der Waals surface area contributed by atoms with Crippen molar-refractivity contribution in [2.24, 2.45) is 11.8 Å². The molecule has 0 bridgehead atoms. The second kappa shape index (κ2) is 11.5. The van der Waals surface area contributed by atoms with Crippen LogP contribution in [0.5, 0.6) is 0 Å². The van der Waals surface area contributed by atoms with Crippen LogP contribution < -0.4 is 10.6 Å². The Morgan fingerprint density at radius 3 is 2.57 bits per heavy atom. The van der Waals surface area contributed by atoms with Crippen molar-refractivity contribution in [2.75, 3.05) is 39.3 Å². The zero-order valence-electron chi connectivity index (χ0n) is 13.1. The Morgan fingerprint density at radius 2 is 1.95 bits per heavy atom. The zero-order valence-corrected chi connectivity index (χ0v) is 14.7. The SMILES string of the molecule is CC1CCN(CCCNC(=O)C2CCCNC2)CC1.Cl.Cl. The average molecular weight is 340 g/mol. The number of nitrogens with one attached hydrogen (secondary N) is 2. The van der Waals surface area contributed by atoms with E-state index in [9.17, 15) is 4.79 Å². The number of likely N-dealkylation sites (tertiary alicyclic amines) is 1. The topological polar surface area (TPSA) is 44.4 Å². The lowest BCUT2D eigenvalue weighted by atomic mass is 9.98. The Morgan fingerprint density at radius 1 is 1.24 bits per heavy atom. The van der Waals surface area contributed by atoms with Gasteiger partial charge in [0.05, 0.1) is 5.92 Å². The third-order valence-corrected chi connectivity index (χ3v) is 4.49. The second-order valence-electron chi connectivity index (χ2n) is 6.21. The quantitative estimate of drug-likeness (QED) is 0.753. The van der Waals surface area contributed by atoms with Gasteiger partial charge in [0.25, 0.3) is 0 Å². The summed E-state index contributed by atoms with van der Waals surface area (Å²) in [4.78, 5) is 14.5. The molecule has 2 saturated heterocycles. The Labute approximate surface area is 141 Å². The molecule has 2 N–H and O–H groups in total. The Balaban J connectivity index is 0.00000200. The van der Waals surface area contributed by atoms with Gasteiger partial charge >= 0.3 is 0 Å². The van der Waals surface area contributed by atoms with Crippen LogP contribution >= 0.6 is 24.8 Å². The van der Waals surface area contributed by atoms with Crippen LogP contribution in [0, 0.1) is 11.8 Å². The number of hydrogen-bond acceptors (Lipinski definition) is 3. The lowest BCUT2D eigenvalue weighted by Gasteiger charge is -2.30. The van der Waals surface area contributed by atoms with Crippen LogP contribution in [-0.2, 0) is 4.79 Å². The van der Waals surface area contributed by atoms with E-state index in [4.69, 9.17) is 0 Å². The molecule has 0 saturated carbocycles. The smallest absolute Gasteiger partial charge is 0.224 e. The maximum Gasteiger partial charge on any atom is 0.224 e. The zero-order chi connectivity index (χ0) is 13.5. The van der Waals surface area contributed by atoms with Gasteiger partial charge in [-0.25, -0.2) is 0 Å². The van der Waals surface area contributed by atoms with Crippen molar-refractivity contribution in [3.8, 4) is 0 Å². The van der Waals surface area contributed by atoms with Crippen molar-refractivity contribution >= 4 is 30.7 Å². The van der Waals surface area contributed by atoms with Crippen molar-refractivity contribution < 1.29 is 4.79 Å². The Hall–Kier alpha value is -0.0300. The highest BCUT2D eigenvalue weighted by atomic mass is 35.5. The van der Waals surface area contributed by atoms with Crippen LogP contribution in [-0.4, -0.2) is 50.1 Å². The average Bonchev–Trinajstić information content (AvgIpc) is 2.46. The van der Waals surface area contributed by atoms with E-state index in [2.05, 4.69) is 22.5 Å². The van der Waals surface area contributed by atoms with Gasteiger partial charge in [-0.15, -0.1) is 24.8 Å². The molecule has 0 aliphatic carbocycles. The molecule has 126 valence electrons. The van der Waals surface area contributed by atoms with Gasteiger partial charge in [-0.2, -0.15) is 0 Å². The molecule has 4 nitrogen and oxygen atoms in total. The molecular formula is C15H31Cl2N3O. The molecule has 0 aromatic carbocycles. The molecule has 1 amide bonds. The molecule has 2 rings (SSSR count). The molecule has 21 heavy (non-hydrogen) atoms. The van der Waals surface area contributed by atoms with Crippen LogP contribution in [0.2, 0.25) is 0 Å². The van der Waals surface area contributed by atoms with E-state index in [1.54, 1.807) is 0 Å². The van der Waals surface area contributed by atoms with Gasteiger partial charge < -0.3 is 15.5 Å². The number of carbonyl (C=O) groups excluding carboxylic acids is 1. The Kier molecular flexibility index (Phi) is 11.5. The minimum absolute atomic E-state index is 0. The first-order valence-corrected chi connectivity index (χ1v) is 7.96. The van der Waals surface area contributed by atoms with E-state index in [-0.39, 0.29) is 36.6 Å². The summed E-state index contributed by atoms with van der Waals surface area (Å²) in [5.41, 5.74) is 0. The molecule has 2 aliphatic heterocycles. The molecule has 0 spiro atoms. The standard InChI is InChI=1S/C15H29N3O.2ClH/c1-13-5-10-18(11-6-13)9-3-8-17-15(19)14-4-2-7-16-12-14;;/h13-14,16H,2-12H2,1H3,(H,17,19);2*1H. The van der Waals surface area contributed by atoms with E-state index >= 15 is 0 Å². The van der Waals surface area contributed by atoms with Gasteiger partial charge in [-0.3, -0.25) is 4.79 Å². The van der Waals surface area contributed by atoms with Crippen LogP contribution in [0.1, 0.15) is 39.0 Å². The van der Waals surface area contributed by atoms with Crippen LogP contribution in [0.4, 0.5) is 0 Å². The van der Waals surface area contributed by atoms with Gasteiger partial charge in [0.2, 0.25) is 5.91 Å². The summed E-state index contributed by atoms with van der Waals surface area (Å²) in [7, 11) is 0. The molecule has 1 atom stereocenters. The van der Waals surface area contributed by atoms with E-state index in [1.165, 1.54) is 25.9 Å². The fraction of sp³-hybridized carbons (Fsp3) is 0.933. The maximum atomic E-state index is 11.9. The lowest BCUT2D eigenvalue weighted by molar-refractivity contribution is -0.125. The molecule has 0 aromatic rings. The summed E-state index contributed by atoms with van der Waals surface area (Å²) in [6, 6.07) is 0. The number of halogens is 2. The fourth-order valence-corrected chi connectivity index (χ4v) is 3.02. The van der Waals surface area contributed by atoms with Gasteiger partial charge in [0, 0.05) is 13.1 Å². The minimum Gasteiger partial charge on any atom is -0.356 e. The summed E-state index contributed by atoms with van der Waals surface area (Å²) in [5.74, 6) is 1.35. The minimum atomic E-state index is 0. The maximum absolute atomic E-state index is 11.9. The molecule has 1 unspecified atom stereocenters. The lowest BCUT2D eigenvalue weighted by Crippen LogP contribution is -2.41. The summed E-state index contributed by atoms with van der Waals surface area (Å²) in [6.45, 7) is 8.71. The van der Waals surface area contributed by atoms with E-state index in [0.717, 1.165) is 51.4 Å². The van der Waals surface area contributed by atoms with Crippen molar-refractivity contribution in [1.82, 2.24) is 15.5 Å². The summed E-state index contributed by atoms with van der Waals surface area (Å²) in [6.07, 6.45) is 5.92. The third kappa shape index (κ3) is 7.68. The highest BCUT2D eigenvalue weighted by Crippen LogP contribution is 2.15. The van der Waals surface area contributed by atoms with Crippen LogP contribution in [0.15, 0.2) is 0 Å². The number of hydrogen-bond donors (Lipinski definition) is 2. The van der Waals surface area contributed by atoms with Gasteiger partial charge in [0.15, 0.2) is 0 Å². The van der Waals surface area contributed by atoms with Crippen LogP contribution in [0.25, 0.3) is 0 Å². The van der Waals surface area contributed by atoms with Crippen molar-refractivity contribution in [1.29, 1.82) is 0 Å². The molecular weight excluding hydrogens is 309 g/mol.